The van der Waals surface area contributed by atoms with Gasteiger partial charge in [-0.15, -0.1) is 0 Å². The Morgan fingerprint density at radius 3 is 2.15 bits per heavy atom. The molecule has 0 aliphatic rings. The molecule has 0 radical (unpaired) electrons. The highest BCUT2D eigenvalue weighted by Gasteiger charge is 2.36. The zero-order valence-electron chi connectivity index (χ0n) is 15.7. The molecule has 0 aromatic heterocycles. The lowest BCUT2D eigenvalue weighted by Crippen LogP contribution is -2.16. The summed E-state index contributed by atoms with van der Waals surface area (Å²) in [7, 11) is 0.369. The molecule has 0 heterocycles. The Labute approximate surface area is 161 Å². The predicted molar refractivity (Wildman–Crippen MR) is 110 cm³/mol. The Morgan fingerprint density at radius 1 is 1.08 bits per heavy atom. The molecule has 2 atom stereocenters. The van der Waals surface area contributed by atoms with Gasteiger partial charge in [0.05, 0.1) is 6.61 Å². The molecule has 26 heavy (non-hydrogen) atoms. The van der Waals surface area contributed by atoms with Gasteiger partial charge in [-0.05, 0) is 54.3 Å². The van der Waals surface area contributed by atoms with E-state index in [1.54, 1.807) is 36.4 Å². The van der Waals surface area contributed by atoms with Crippen LogP contribution in [0.15, 0.2) is 48.5 Å². The molecular weight excluding hydrogens is 369 g/mol. The molecule has 0 bridgehead atoms. The van der Waals surface area contributed by atoms with Crippen LogP contribution in [0.2, 0.25) is 5.02 Å². The number of halogens is 1. The first-order valence-electron chi connectivity index (χ1n) is 8.70. The lowest BCUT2D eigenvalue weighted by molar-refractivity contribution is 0.209. The molecule has 2 aromatic rings. The molecule has 2 aromatic carbocycles. The molecule has 0 aliphatic carbocycles. The highest BCUT2D eigenvalue weighted by molar-refractivity contribution is 7.67. The van der Waals surface area contributed by atoms with Crippen LogP contribution in [0, 0.1) is 5.92 Å². The minimum absolute atomic E-state index is 0.328. The maximum absolute atomic E-state index is 13.7. The van der Waals surface area contributed by atoms with E-state index in [2.05, 4.69) is 13.8 Å². The molecule has 0 spiro atoms. The minimum Gasteiger partial charge on any atom is -0.378 e. The summed E-state index contributed by atoms with van der Waals surface area (Å²) in [5.74, 6) is -0.815. The maximum atomic E-state index is 13.7. The molecule has 1 N–H and O–H groups in total. The molecule has 0 aliphatic heterocycles. The van der Waals surface area contributed by atoms with Gasteiger partial charge in [0.2, 0.25) is 0 Å². The number of hydrogen-bond acceptors (Lipinski definition) is 4. The van der Waals surface area contributed by atoms with Crippen molar-refractivity contribution in [1.82, 2.24) is 0 Å². The van der Waals surface area contributed by atoms with Gasteiger partial charge in [0.1, 0.15) is 0 Å². The van der Waals surface area contributed by atoms with Crippen molar-refractivity contribution in [3.63, 3.8) is 0 Å². The minimum atomic E-state index is -3.51. The smallest absolute Gasteiger partial charge is 0.264 e. The second-order valence-electron chi connectivity index (χ2n) is 6.95. The largest absolute Gasteiger partial charge is 0.378 e. The van der Waals surface area contributed by atoms with E-state index >= 15 is 0 Å². The standard InChI is InChI=1S/C20H27ClNO3P/c1-15(2)13-14-25-26(24,19-11-9-18(10-12-19)22(3)4)20(23)16-5-7-17(21)8-6-16/h5-12,15,20,23H,13-14H2,1-4H3. The van der Waals surface area contributed by atoms with Gasteiger partial charge in [-0.1, -0.05) is 37.6 Å². The van der Waals surface area contributed by atoms with Crippen LogP contribution in [0.1, 0.15) is 31.7 Å². The van der Waals surface area contributed by atoms with Crippen molar-refractivity contribution >= 4 is 30.0 Å². The summed E-state index contributed by atoms with van der Waals surface area (Å²) in [5.41, 5.74) is 1.52. The van der Waals surface area contributed by atoms with Gasteiger partial charge in [0.15, 0.2) is 5.85 Å². The van der Waals surface area contributed by atoms with Crippen LogP contribution in [0.3, 0.4) is 0 Å². The average Bonchev–Trinajstić information content (AvgIpc) is 2.61. The van der Waals surface area contributed by atoms with E-state index in [0.29, 0.717) is 28.4 Å². The average molecular weight is 396 g/mol. The molecule has 0 amide bonds. The van der Waals surface area contributed by atoms with E-state index < -0.39 is 13.2 Å². The fourth-order valence-electron chi connectivity index (χ4n) is 2.50. The third-order valence-electron chi connectivity index (χ3n) is 4.19. The highest BCUT2D eigenvalue weighted by Crippen LogP contribution is 2.57. The van der Waals surface area contributed by atoms with Crippen LogP contribution in [-0.2, 0) is 9.09 Å². The molecule has 2 rings (SSSR count). The lowest BCUT2D eigenvalue weighted by atomic mass is 10.2. The van der Waals surface area contributed by atoms with E-state index in [-0.39, 0.29) is 0 Å². The monoisotopic (exact) mass is 395 g/mol. The molecule has 142 valence electrons. The van der Waals surface area contributed by atoms with E-state index in [1.807, 2.05) is 31.1 Å². The third kappa shape index (κ3) is 5.11. The summed E-state index contributed by atoms with van der Waals surface area (Å²) in [6.45, 7) is 4.49. The molecule has 0 saturated carbocycles. The second kappa shape index (κ2) is 9.05. The van der Waals surface area contributed by atoms with Gasteiger partial charge < -0.3 is 14.5 Å². The summed E-state index contributed by atoms with van der Waals surface area (Å²) in [6, 6.07) is 14.0. The Balaban J connectivity index is 2.37. The van der Waals surface area contributed by atoms with Crippen molar-refractivity contribution < 1.29 is 14.2 Å². The van der Waals surface area contributed by atoms with E-state index in [4.69, 9.17) is 16.1 Å². The second-order valence-corrected chi connectivity index (χ2v) is 9.84. The van der Waals surface area contributed by atoms with Crippen LogP contribution >= 0.6 is 19.0 Å². The van der Waals surface area contributed by atoms with Gasteiger partial charge in [-0.3, -0.25) is 4.57 Å². The normalized spacial score (nSPS) is 14.9. The lowest BCUT2D eigenvalue weighted by Gasteiger charge is -2.25. The first-order valence-corrected chi connectivity index (χ1v) is 10.8. The number of aliphatic hydroxyl groups is 1. The first kappa shape index (κ1) is 21.0. The quantitative estimate of drug-likeness (QED) is 0.634. The summed E-state index contributed by atoms with van der Waals surface area (Å²) in [5, 5.41) is 12.0. The van der Waals surface area contributed by atoms with Crippen molar-refractivity contribution in [2.24, 2.45) is 5.92 Å². The molecule has 0 fully saturated rings. The summed E-state index contributed by atoms with van der Waals surface area (Å²) >= 11 is 5.93. The molecule has 0 saturated heterocycles. The fourth-order valence-corrected chi connectivity index (χ4v) is 4.70. The van der Waals surface area contributed by atoms with Crippen LogP contribution in [-0.4, -0.2) is 25.8 Å². The number of hydrogen-bond donors (Lipinski definition) is 1. The van der Waals surface area contributed by atoms with Gasteiger partial charge in [0, 0.05) is 30.1 Å². The topological polar surface area (TPSA) is 49.8 Å². The SMILES string of the molecule is CC(C)CCOP(=O)(c1ccc(N(C)C)cc1)C(O)c1ccc(Cl)cc1. The predicted octanol–water partition coefficient (Wildman–Crippen LogP) is 5.06. The first-order chi connectivity index (χ1) is 12.2. The Morgan fingerprint density at radius 2 is 1.65 bits per heavy atom. The third-order valence-corrected chi connectivity index (χ3v) is 6.97. The number of aliphatic hydroxyl groups excluding tert-OH is 1. The van der Waals surface area contributed by atoms with Gasteiger partial charge in [-0.25, -0.2) is 0 Å². The number of benzene rings is 2. The number of nitrogens with zero attached hydrogens (tertiary/aromatic N) is 1. The molecule has 2 unspecified atom stereocenters. The Hall–Kier alpha value is -1.32. The summed E-state index contributed by atoms with van der Waals surface area (Å²) < 4.78 is 19.6. The van der Waals surface area contributed by atoms with E-state index in [0.717, 1.165) is 12.1 Å². The maximum Gasteiger partial charge on any atom is 0.264 e. The highest BCUT2D eigenvalue weighted by atomic mass is 35.5. The summed E-state index contributed by atoms with van der Waals surface area (Å²) in [6.07, 6.45) is 0.771. The van der Waals surface area contributed by atoms with Crippen molar-refractivity contribution in [2.45, 2.75) is 26.1 Å². The molecule has 6 heteroatoms. The van der Waals surface area contributed by atoms with Gasteiger partial charge in [0.25, 0.3) is 7.37 Å². The van der Waals surface area contributed by atoms with Crippen molar-refractivity contribution in [3.8, 4) is 0 Å². The zero-order chi connectivity index (χ0) is 19.3. The van der Waals surface area contributed by atoms with E-state index in [1.165, 1.54) is 0 Å². The summed E-state index contributed by atoms with van der Waals surface area (Å²) in [4.78, 5) is 1.96. The fraction of sp³-hybridized carbons (Fsp3) is 0.400. The van der Waals surface area contributed by atoms with Crippen LogP contribution in [0.25, 0.3) is 0 Å². The Bertz CT molecular complexity index is 745. The van der Waals surface area contributed by atoms with Crippen molar-refractivity contribution in [1.29, 1.82) is 0 Å². The van der Waals surface area contributed by atoms with Crippen molar-refractivity contribution in [2.75, 3.05) is 25.6 Å². The van der Waals surface area contributed by atoms with Crippen LogP contribution in [0.5, 0.6) is 0 Å². The van der Waals surface area contributed by atoms with Crippen molar-refractivity contribution in [3.05, 3.63) is 59.1 Å². The van der Waals surface area contributed by atoms with Crippen LogP contribution in [0.4, 0.5) is 5.69 Å². The Kier molecular flexibility index (Phi) is 7.31. The number of anilines is 1. The van der Waals surface area contributed by atoms with Gasteiger partial charge in [-0.2, -0.15) is 0 Å². The van der Waals surface area contributed by atoms with Gasteiger partial charge >= 0.3 is 0 Å². The number of rotatable bonds is 8. The molecular formula is C20H27ClNO3P. The van der Waals surface area contributed by atoms with Crippen LogP contribution < -0.4 is 10.2 Å². The van der Waals surface area contributed by atoms with E-state index in [9.17, 15) is 9.67 Å². The molecule has 4 nitrogen and oxygen atoms in total. The zero-order valence-corrected chi connectivity index (χ0v) is 17.4.